The molecule has 0 fully saturated rings. The number of anilines is 2. The van der Waals surface area contributed by atoms with Gasteiger partial charge in [-0.1, -0.05) is 41.9 Å². The van der Waals surface area contributed by atoms with Gasteiger partial charge in [-0.3, -0.25) is 9.52 Å². The number of amides is 1. The minimum absolute atomic E-state index is 0.115. The molecule has 0 bridgehead atoms. The van der Waals surface area contributed by atoms with E-state index < -0.39 is 15.9 Å². The van der Waals surface area contributed by atoms with Gasteiger partial charge in [-0.05, 0) is 49.4 Å². The number of ether oxygens (including phenoxy) is 1. The van der Waals surface area contributed by atoms with E-state index >= 15 is 0 Å². The van der Waals surface area contributed by atoms with Crippen molar-refractivity contribution in [1.29, 1.82) is 0 Å². The normalized spacial score (nSPS) is 11.0. The number of nitrogens with one attached hydrogen (secondary N) is 2. The van der Waals surface area contributed by atoms with Crippen molar-refractivity contribution in [3.05, 3.63) is 83.4 Å². The van der Waals surface area contributed by atoms with Gasteiger partial charge in [0.05, 0.1) is 33.5 Å². The standard InChI is InChI=1S/C21H19ClN2O4S/c1-2-28-20-11-7-6-10-19(20)23-21(25)17-13-12-15(14-18(17)22)24-29(26,27)16-8-4-3-5-9-16/h3-14,24H,2H2,1H3,(H,23,25). The van der Waals surface area contributed by atoms with Crippen molar-refractivity contribution in [2.45, 2.75) is 11.8 Å². The molecule has 0 spiro atoms. The molecule has 0 saturated carbocycles. The maximum atomic E-state index is 12.6. The van der Waals surface area contributed by atoms with Gasteiger partial charge < -0.3 is 10.1 Å². The number of carbonyl (C=O) groups is 1. The average molecular weight is 431 g/mol. The molecule has 3 rings (SSSR count). The van der Waals surface area contributed by atoms with Crippen molar-refractivity contribution in [3.63, 3.8) is 0 Å². The SMILES string of the molecule is CCOc1ccccc1NC(=O)c1ccc(NS(=O)(=O)c2ccccc2)cc1Cl. The topological polar surface area (TPSA) is 84.5 Å². The summed E-state index contributed by atoms with van der Waals surface area (Å²) < 4.78 is 32.8. The zero-order valence-corrected chi connectivity index (χ0v) is 17.1. The molecule has 0 heterocycles. The number of halogens is 1. The summed E-state index contributed by atoms with van der Waals surface area (Å²) in [6, 6.07) is 19.4. The lowest BCUT2D eigenvalue weighted by molar-refractivity contribution is 0.102. The number of hydrogen-bond acceptors (Lipinski definition) is 4. The Morgan fingerprint density at radius 3 is 2.38 bits per heavy atom. The van der Waals surface area contributed by atoms with Gasteiger partial charge in [0.25, 0.3) is 15.9 Å². The van der Waals surface area contributed by atoms with E-state index in [9.17, 15) is 13.2 Å². The first kappa shape index (κ1) is 20.7. The lowest BCUT2D eigenvalue weighted by Crippen LogP contribution is -2.15. The predicted octanol–water partition coefficient (Wildman–Crippen LogP) is 4.79. The van der Waals surface area contributed by atoms with E-state index in [1.165, 1.54) is 30.3 Å². The van der Waals surface area contributed by atoms with Gasteiger partial charge in [0, 0.05) is 0 Å². The first-order valence-corrected chi connectivity index (χ1v) is 10.7. The predicted molar refractivity (Wildman–Crippen MR) is 114 cm³/mol. The Bertz CT molecular complexity index is 1120. The fourth-order valence-electron chi connectivity index (χ4n) is 2.62. The molecule has 6 nitrogen and oxygen atoms in total. The monoisotopic (exact) mass is 430 g/mol. The summed E-state index contributed by atoms with van der Waals surface area (Å²) in [5.74, 6) is 0.117. The van der Waals surface area contributed by atoms with Crippen LogP contribution in [0.2, 0.25) is 5.02 Å². The molecule has 0 atom stereocenters. The van der Waals surface area contributed by atoms with Crippen LogP contribution < -0.4 is 14.8 Å². The summed E-state index contributed by atoms with van der Waals surface area (Å²) >= 11 is 6.24. The molecule has 3 aromatic rings. The molecule has 1 amide bonds. The molecule has 0 radical (unpaired) electrons. The Balaban J connectivity index is 1.78. The zero-order valence-electron chi connectivity index (χ0n) is 15.6. The Morgan fingerprint density at radius 2 is 1.69 bits per heavy atom. The maximum absolute atomic E-state index is 12.6. The van der Waals surface area contributed by atoms with Crippen LogP contribution in [0.5, 0.6) is 5.75 Å². The Morgan fingerprint density at radius 1 is 1.00 bits per heavy atom. The number of rotatable bonds is 7. The summed E-state index contributed by atoms with van der Waals surface area (Å²) in [6.45, 7) is 2.31. The van der Waals surface area contributed by atoms with E-state index in [0.717, 1.165) is 0 Å². The molecule has 150 valence electrons. The molecule has 3 aromatic carbocycles. The summed E-state index contributed by atoms with van der Waals surface area (Å²) in [7, 11) is -3.75. The van der Waals surface area contributed by atoms with Crippen LogP contribution in [-0.2, 0) is 10.0 Å². The number of benzene rings is 3. The average Bonchev–Trinajstić information content (AvgIpc) is 2.70. The van der Waals surface area contributed by atoms with Crippen LogP contribution in [0.3, 0.4) is 0 Å². The van der Waals surface area contributed by atoms with Crippen molar-refractivity contribution in [2.24, 2.45) is 0 Å². The van der Waals surface area contributed by atoms with Gasteiger partial charge in [-0.25, -0.2) is 8.42 Å². The van der Waals surface area contributed by atoms with Crippen LogP contribution in [0.25, 0.3) is 0 Å². The fourth-order valence-corrected chi connectivity index (χ4v) is 3.95. The Kier molecular flexibility index (Phi) is 6.41. The fraction of sp³-hybridized carbons (Fsp3) is 0.0952. The summed E-state index contributed by atoms with van der Waals surface area (Å²) in [6.07, 6.45) is 0. The highest BCUT2D eigenvalue weighted by Gasteiger charge is 2.17. The molecule has 0 aromatic heterocycles. The molecule has 0 aliphatic heterocycles. The summed E-state index contributed by atoms with van der Waals surface area (Å²) in [4.78, 5) is 12.7. The van der Waals surface area contributed by atoms with Gasteiger partial charge in [-0.15, -0.1) is 0 Å². The number of para-hydroxylation sites is 2. The van der Waals surface area contributed by atoms with Crippen LogP contribution in [-0.4, -0.2) is 20.9 Å². The lowest BCUT2D eigenvalue weighted by Gasteiger charge is -2.13. The summed E-state index contributed by atoms with van der Waals surface area (Å²) in [5.41, 5.74) is 0.982. The first-order valence-electron chi connectivity index (χ1n) is 8.81. The smallest absolute Gasteiger partial charge is 0.261 e. The minimum Gasteiger partial charge on any atom is -0.492 e. The second-order valence-corrected chi connectivity index (χ2v) is 8.09. The third-order valence-electron chi connectivity index (χ3n) is 3.95. The van der Waals surface area contributed by atoms with Gasteiger partial charge in [0.2, 0.25) is 0 Å². The molecule has 0 saturated heterocycles. The van der Waals surface area contributed by atoms with E-state index in [1.54, 1.807) is 42.5 Å². The van der Waals surface area contributed by atoms with E-state index in [1.807, 2.05) is 6.92 Å². The van der Waals surface area contributed by atoms with Crippen molar-refractivity contribution >= 4 is 38.9 Å². The maximum Gasteiger partial charge on any atom is 0.261 e. The molecule has 0 aliphatic rings. The highest BCUT2D eigenvalue weighted by Crippen LogP contribution is 2.27. The number of hydrogen-bond donors (Lipinski definition) is 2. The third kappa shape index (κ3) is 5.07. The lowest BCUT2D eigenvalue weighted by atomic mass is 10.2. The van der Waals surface area contributed by atoms with E-state index in [4.69, 9.17) is 16.3 Å². The number of sulfonamides is 1. The van der Waals surface area contributed by atoms with E-state index in [-0.39, 0.29) is 21.2 Å². The van der Waals surface area contributed by atoms with Crippen molar-refractivity contribution in [1.82, 2.24) is 0 Å². The van der Waals surface area contributed by atoms with Gasteiger partial charge in [-0.2, -0.15) is 0 Å². The second kappa shape index (κ2) is 8.98. The van der Waals surface area contributed by atoms with Crippen molar-refractivity contribution < 1.29 is 17.9 Å². The minimum atomic E-state index is -3.75. The van der Waals surface area contributed by atoms with Crippen molar-refractivity contribution in [3.8, 4) is 5.75 Å². The largest absolute Gasteiger partial charge is 0.492 e. The second-order valence-electron chi connectivity index (χ2n) is 6.00. The highest BCUT2D eigenvalue weighted by molar-refractivity contribution is 7.92. The van der Waals surface area contributed by atoms with Gasteiger partial charge in [0.1, 0.15) is 5.75 Å². The van der Waals surface area contributed by atoms with E-state index in [2.05, 4.69) is 10.0 Å². The highest BCUT2D eigenvalue weighted by atomic mass is 35.5. The van der Waals surface area contributed by atoms with Gasteiger partial charge in [0.15, 0.2) is 0 Å². The molecule has 2 N–H and O–H groups in total. The van der Waals surface area contributed by atoms with Crippen LogP contribution in [0, 0.1) is 0 Å². The van der Waals surface area contributed by atoms with Crippen molar-refractivity contribution in [2.75, 3.05) is 16.6 Å². The zero-order chi connectivity index (χ0) is 20.9. The molecule has 0 aliphatic carbocycles. The number of carbonyl (C=O) groups excluding carboxylic acids is 1. The van der Waals surface area contributed by atoms with Crippen LogP contribution in [0.4, 0.5) is 11.4 Å². The Labute approximate surface area is 174 Å². The third-order valence-corrected chi connectivity index (χ3v) is 5.66. The Hall–Kier alpha value is -3.03. The molecular formula is C21H19ClN2O4S. The summed E-state index contributed by atoms with van der Waals surface area (Å²) in [5, 5.41) is 2.87. The van der Waals surface area contributed by atoms with Crippen LogP contribution in [0.1, 0.15) is 17.3 Å². The first-order chi connectivity index (χ1) is 13.9. The molecular weight excluding hydrogens is 412 g/mol. The molecule has 8 heteroatoms. The molecule has 29 heavy (non-hydrogen) atoms. The van der Waals surface area contributed by atoms with Crippen LogP contribution in [0.15, 0.2) is 77.7 Å². The van der Waals surface area contributed by atoms with E-state index in [0.29, 0.717) is 18.0 Å². The quantitative estimate of drug-likeness (QED) is 0.564. The van der Waals surface area contributed by atoms with Gasteiger partial charge >= 0.3 is 0 Å². The molecule has 0 unspecified atom stereocenters. The van der Waals surface area contributed by atoms with Crippen LogP contribution >= 0.6 is 11.6 Å².